The Labute approximate surface area is 445 Å². The van der Waals surface area contributed by atoms with E-state index in [4.69, 9.17) is 9.47 Å². The van der Waals surface area contributed by atoms with Gasteiger partial charge in [-0.05, 0) is 71.5 Å². The standard InChI is InChI=1S/C56H66F2N5O11PS/c1-55(2,3)49(60-51(66)47-31-38-30-39(23-25-46(38)76-47)56(57,58)75(70,71)72)54(69)62-33-40(32-44(62)53(68)61-27-29-74-45(35-61)37-19-14-12-15-20-37)73-28-16-11-9-7-5-4-6-8-10-13-18-36-21-17-22-41-42(36)34-63(52(41)67)43-24-26-48(64)59-50(43)65/h12,14-15,17,19-23,25,30-31,40,43-45,49H,4-11,16,24,26-29,32-35H2,1-3H3,(H,60,66)(H,59,64,65)(H2,70,71,72)/t40-,43?,44-,45-,49+/m0/s1. The number of likely N-dealkylation sites (tertiary alicyclic amines) is 1. The van der Waals surface area contributed by atoms with Crippen molar-refractivity contribution in [2.75, 3.05) is 32.8 Å². The average molecular weight is 1090 g/mol. The fraction of sp³-hybridized carbons (Fsp3) is 0.500. The number of nitrogens with zero attached hydrogens (tertiary/aromatic N) is 3. The van der Waals surface area contributed by atoms with Crippen LogP contribution in [0.25, 0.3) is 10.1 Å². The van der Waals surface area contributed by atoms with Gasteiger partial charge in [0.2, 0.25) is 23.6 Å². The first-order valence-electron chi connectivity index (χ1n) is 26.1. The van der Waals surface area contributed by atoms with Crippen LogP contribution in [0.15, 0.2) is 72.8 Å². The molecular weight excluding hydrogens is 1020 g/mol. The number of unbranched alkanes of at least 4 members (excludes halogenated alkanes) is 8. The summed E-state index contributed by atoms with van der Waals surface area (Å²) in [6.07, 6.45) is 8.72. The number of ether oxygens (including phenoxy) is 2. The minimum Gasteiger partial charge on any atom is -0.376 e. The SMILES string of the molecule is CC(C)(C)[C@H](NC(=O)c1cc2cc(C(F)(F)P(=O)(O)O)ccc2s1)C(=O)N1C[C@@H](OCCCCCCCCCCC#Cc2cccc3c2CN(C2CCC(=O)NC2=O)C3=O)C[C@H]1C(=O)N1CCO[C@H](c2ccccc2)C1. The van der Waals surface area contributed by atoms with Gasteiger partial charge in [0.25, 0.3) is 11.8 Å². The van der Waals surface area contributed by atoms with Gasteiger partial charge in [-0.1, -0.05) is 114 Å². The lowest BCUT2D eigenvalue weighted by Gasteiger charge is -2.38. The number of morpholine rings is 1. The fourth-order valence-corrected chi connectivity index (χ4v) is 11.8. The summed E-state index contributed by atoms with van der Waals surface area (Å²) in [7, 11) is -5.83. The first-order valence-corrected chi connectivity index (χ1v) is 28.6. The zero-order chi connectivity index (χ0) is 54.4. The second kappa shape index (κ2) is 24.2. The summed E-state index contributed by atoms with van der Waals surface area (Å²) in [6, 6.07) is 16.9. The predicted octanol–water partition coefficient (Wildman–Crippen LogP) is 8.18. The molecule has 0 bridgehead atoms. The van der Waals surface area contributed by atoms with E-state index < -0.39 is 66.2 Å². The van der Waals surface area contributed by atoms with Crippen molar-refractivity contribution in [1.82, 2.24) is 25.3 Å². The largest absolute Gasteiger partial charge is 0.399 e. The van der Waals surface area contributed by atoms with Crippen molar-refractivity contribution in [2.24, 2.45) is 5.41 Å². The highest BCUT2D eigenvalue weighted by molar-refractivity contribution is 7.52. The van der Waals surface area contributed by atoms with Crippen LogP contribution in [0.2, 0.25) is 0 Å². The molecule has 0 radical (unpaired) electrons. The number of fused-ring (bicyclic) bond motifs is 2. The lowest BCUT2D eigenvalue weighted by atomic mass is 9.85. The van der Waals surface area contributed by atoms with E-state index in [1.165, 1.54) is 21.9 Å². The summed E-state index contributed by atoms with van der Waals surface area (Å²) in [5.41, 5.74) is -3.08. The van der Waals surface area contributed by atoms with Crippen LogP contribution >= 0.6 is 18.9 Å². The number of hydrogen-bond donors (Lipinski definition) is 4. The van der Waals surface area contributed by atoms with Crippen molar-refractivity contribution in [1.29, 1.82) is 0 Å². The molecule has 76 heavy (non-hydrogen) atoms. The van der Waals surface area contributed by atoms with Gasteiger partial charge in [0, 0.05) is 66.9 Å². The number of carbonyl (C=O) groups is 6. The maximum atomic E-state index is 14.8. The van der Waals surface area contributed by atoms with E-state index >= 15 is 0 Å². The van der Waals surface area contributed by atoms with E-state index in [0.717, 1.165) is 97.9 Å². The molecule has 406 valence electrons. The zero-order valence-electron chi connectivity index (χ0n) is 43.1. The molecule has 3 fully saturated rings. The van der Waals surface area contributed by atoms with Gasteiger partial charge in [-0.2, -0.15) is 8.78 Å². The van der Waals surface area contributed by atoms with Crippen molar-refractivity contribution in [3.05, 3.63) is 105 Å². The molecule has 5 atom stereocenters. The number of hydrogen-bond acceptors (Lipinski definition) is 10. The Morgan fingerprint density at radius 2 is 1.66 bits per heavy atom. The average Bonchev–Trinajstić information content (AvgIpc) is 4.12. The number of amides is 6. The number of carbonyl (C=O) groups excluding carboxylic acids is 6. The van der Waals surface area contributed by atoms with Crippen LogP contribution in [-0.4, -0.2) is 117 Å². The molecule has 8 rings (SSSR count). The number of halogens is 2. The highest BCUT2D eigenvalue weighted by Crippen LogP contribution is 2.59. The minimum atomic E-state index is -5.83. The number of imide groups is 1. The quantitative estimate of drug-likeness (QED) is 0.0304. The van der Waals surface area contributed by atoms with Gasteiger partial charge in [-0.25, -0.2) is 0 Å². The van der Waals surface area contributed by atoms with Crippen LogP contribution in [0.4, 0.5) is 8.78 Å². The number of rotatable bonds is 19. The molecule has 3 aromatic carbocycles. The summed E-state index contributed by atoms with van der Waals surface area (Å²) in [4.78, 5) is 104. The Kier molecular flexibility index (Phi) is 17.9. The number of alkyl halides is 2. The van der Waals surface area contributed by atoms with Crippen LogP contribution in [0, 0.1) is 17.3 Å². The molecular formula is C56H66F2N5O11PS. The molecule has 4 N–H and O–H groups in total. The third-order valence-electron chi connectivity index (χ3n) is 14.6. The zero-order valence-corrected chi connectivity index (χ0v) is 44.8. The molecule has 0 spiro atoms. The number of benzene rings is 3. The second-order valence-corrected chi connectivity index (χ2v) is 23.9. The fourth-order valence-electron chi connectivity index (χ4n) is 10.3. The predicted molar refractivity (Wildman–Crippen MR) is 281 cm³/mol. The number of piperidine rings is 1. The van der Waals surface area contributed by atoms with Crippen LogP contribution in [0.5, 0.6) is 0 Å². The van der Waals surface area contributed by atoms with Crippen LogP contribution in [-0.2, 0) is 45.4 Å². The molecule has 5 heterocycles. The Morgan fingerprint density at radius 1 is 0.934 bits per heavy atom. The smallest absolute Gasteiger partial charge is 0.376 e. The van der Waals surface area contributed by atoms with Gasteiger partial charge < -0.3 is 39.3 Å². The summed E-state index contributed by atoms with van der Waals surface area (Å²) in [6.45, 7) is 7.20. The summed E-state index contributed by atoms with van der Waals surface area (Å²) in [5.74, 6) is 4.19. The molecule has 4 aliphatic heterocycles. The van der Waals surface area contributed by atoms with Crippen molar-refractivity contribution >= 4 is 64.5 Å². The molecule has 16 nitrogen and oxygen atoms in total. The van der Waals surface area contributed by atoms with Crippen molar-refractivity contribution in [3.8, 4) is 11.8 Å². The monoisotopic (exact) mass is 1090 g/mol. The number of nitrogens with one attached hydrogen (secondary N) is 2. The second-order valence-electron chi connectivity index (χ2n) is 21.1. The van der Waals surface area contributed by atoms with Gasteiger partial charge in [0.1, 0.15) is 24.2 Å². The highest BCUT2D eigenvalue weighted by atomic mass is 32.1. The van der Waals surface area contributed by atoms with E-state index in [2.05, 4.69) is 22.5 Å². The maximum absolute atomic E-state index is 14.8. The first-order chi connectivity index (χ1) is 36.2. The lowest BCUT2D eigenvalue weighted by Crippen LogP contribution is -2.58. The molecule has 1 aromatic heterocycles. The van der Waals surface area contributed by atoms with Gasteiger partial charge in [-0.15, -0.1) is 11.3 Å². The third-order valence-corrected chi connectivity index (χ3v) is 16.7. The van der Waals surface area contributed by atoms with Crippen LogP contribution in [0.3, 0.4) is 0 Å². The van der Waals surface area contributed by atoms with Gasteiger partial charge in [0.15, 0.2) is 0 Å². The maximum Gasteiger partial charge on any atom is 0.399 e. The van der Waals surface area contributed by atoms with Gasteiger partial charge in [0.05, 0.1) is 24.1 Å². The highest BCUT2D eigenvalue weighted by Gasteiger charge is 2.51. The first kappa shape index (κ1) is 56.3. The third kappa shape index (κ3) is 13.1. The molecule has 6 amide bonds. The summed E-state index contributed by atoms with van der Waals surface area (Å²) >= 11 is 0.984. The van der Waals surface area contributed by atoms with Gasteiger partial charge >= 0.3 is 13.3 Å². The normalized spacial score (nSPS) is 20.6. The van der Waals surface area contributed by atoms with Crippen molar-refractivity contribution in [3.63, 3.8) is 0 Å². The number of thiophene rings is 1. The Balaban J connectivity index is 0.819. The molecule has 4 aliphatic rings. The molecule has 1 unspecified atom stereocenters. The molecule has 3 saturated heterocycles. The Hall–Kier alpha value is -5.87. The van der Waals surface area contributed by atoms with Crippen LogP contribution in [0.1, 0.15) is 146 Å². The lowest BCUT2D eigenvalue weighted by molar-refractivity contribution is -0.150. The minimum absolute atomic E-state index is 0.0993. The van der Waals surface area contributed by atoms with Crippen molar-refractivity contribution in [2.45, 2.75) is 140 Å². The summed E-state index contributed by atoms with van der Waals surface area (Å²) < 4.78 is 53.6. The summed E-state index contributed by atoms with van der Waals surface area (Å²) in [5, 5.41) is 5.39. The Morgan fingerprint density at radius 3 is 2.37 bits per heavy atom. The van der Waals surface area contributed by atoms with Gasteiger partial charge in [-0.3, -0.25) is 38.6 Å². The van der Waals surface area contributed by atoms with E-state index in [1.54, 1.807) is 31.7 Å². The van der Waals surface area contributed by atoms with E-state index in [9.17, 15) is 51.9 Å². The van der Waals surface area contributed by atoms with Crippen molar-refractivity contribution < 1.29 is 61.4 Å². The topological polar surface area (TPSA) is 212 Å². The molecule has 0 saturated carbocycles. The van der Waals surface area contributed by atoms with Crippen LogP contribution < -0.4 is 10.6 Å². The van der Waals surface area contributed by atoms with E-state index in [-0.39, 0.29) is 53.5 Å². The van der Waals surface area contributed by atoms with E-state index in [0.29, 0.717) is 49.5 Å². The Bertz CT molecular complexity index is 2930. The molecule has 0 aliphatic carbocycles. The van der Waals surface area contributed by atoms with E-state index in [1.807, 2.05) is 42.5 Å². The molecule has 4 aromatic rings. The molecule has 20 heteroatoms.